The van der Waals surface area contributed by atoms with E-state index in [0.717, 1.165) is 0 Å². The predicted molar refractivity (Wildman–Crippen MR) is 38.9 cm³/mol. The van der Waals surface area contributed by atoms with Crippen molar-refractivity contribution in [1.82, 2.24) is 10.6 Å². The van der Waals surface area contributed by atoms with Gasteiger partial charge in [-0.2, -0.15) is 0 Å². The first-order valence-electron chi connectivity index (χ1n) is 2.88. The molecule has 1 saturated heterocycles. The summed E-state index contributed by atoms with van der Waals surface area (Å²) in [6.07, 6.45) is 0.358. The van der Waals surface area contributed by atoms with Crippen LogP contribution in [0.2, 0.25) is 0 Å². The highest BCUT2D eigenvalue weighted by molar-refractivity contribution is 9.09. The number of imide groups is 1. The number of halogens is 1. The summed E-state index contributed by atoms with van der Waals surface area (Å²) in [6.45, 7) is 0. The summed E-state index contributed by atoms with van der Waals surface area (Å²) in [6, 6.07) is -0.457. The van der Waals surface area contributed by atoms with Crippen LogP contribution in [0.3, 0.4) is 0 Å². The minimum atomic E-state index is -0.402. The van der Waals surface area contributed by atoms with Gasteiger partial charge in [0, 0.05) is 17.8 Å². The SMILES string of the molecule is O=C1CC(CBr)NC(=O)N1. The molecule has 1 heterocycles. The molecule has 0 aromatic rings. The summed E-state index contributed by atoms with van der Waals surface area (Å²) in [7, 11) is 0. The lowest BCUT2D eigenvalue weighted by molar-refractivity contribution is -0.121. The van der Waals surface area contributed by atoms with Crippen LogP contribution in [-0.4, -0.2) is 23.3 Å². The molecule has 0 bridgehead atoms. The van der Waals surface area contributed by atoms with E-state index in [1.807, 2.05) is 0 Å². The van der Waals surface area contributed by atoms with Crippen molar-refractivity contribution < 1.29 is 9.59 Å². The molecule has 1 aliphatic rings. The van der Waals surface area contributed by atoms with Crippen LogP contribution in [-0.2, 0) is 4.79 Å². The van der Waals surface area contributed by atoms with E-state index in [4.69, 9.17) is 0 Å². The van der Waals surface area contributed by atoms with Gasteiger partial charge in [-0.3, -0.25) is 10.1 Å². The van der Waals surface area contributed by atoms with Gasteiger partial charge in [-0.1, -0.05) is 15.9 Å². The summed E-state index contributed by atoms with van der Waals surface area (Å²) in [5.74, 6) is -0.215. The molecular formula is C5H7BrN2O2. The Morgan fingerprint density at radius 1 is 1.60 bits per heavy atom. The van der Waals surface area contributed by atoms with Crippen LogP contribution >= 0.6 is 15.9 Å². The maximum atomic E-state index is 10.6. The number of carbonyl (C=O) groups excluding carboxylic acids is 2. The van der Waals surface area contributed by atoms with Crippen LogP contribution in [0.15, 0.2) is 0 Å². The van der Waals surface area contributed by atoms with E-state index in [0.29, 0.717) is 11.8 Å². The van der Waals surface area contributed by atoms with Crippen molar-refractivity contribution in [3.05, 3.63) is 0 Å². The number of rotatable bonds is 1. The minimum absolute atomic E-state index is 0.0544. The van der Waals surface area contributed by atoms with Gasteiger partial charge in [-0.15, -0.1) is 0 Å². The third-order valence-corrected chi connectivity index (χ3v) is 1.99. The molecule has 1 unspecified atom stereocenters. The molecule has 0 aromatic heterocycles. The highest BCUT2D eigenvalue weighted by Crippen LogP contribution is 2.00. The first kappa shape index (κ1) is 7.53. The Morgan fingerprint density at radius 2 is 2.30 bits per heavy atom. The molecule has 56 valence electrons. The van der Waals surface area contributed by atoms with Crippen LogP contribution in [0, 0.1) is 0 Å². The van der Waals surface area contributed by atoms with E-state index in [2.05, 4.69) is 26.6 Å². The van der Waals surface area contributed by atoms with E-state index in [1.165, 1.54) is 0 Å². The number of urea groups is 1. The van der Waals surface area contributed by atoms with Crippen LogP contribution in [0.25, 0.3) is 0 Å². The largest absolute Gasteiger partial charge is 0.334 e. The van der Waals surface area contributed by atoms with Crippen LogP contribution < -0.4 is 10.6 Å². The van der Waals surface area contributed by atoms with E-state index < -0.39 is 6.03 Å². The standard InChI is InChI=1S/C5H7BrN2O2/c6-2-3-1-4(9)8-5(10)7-3/h3H,1-2H2,(H2,7,8,9,10). The molecule has 1 aliphatic heterocycles. The highest BCUT2D eigenvalue weighted by Gasteiger charge is 2.21. The number of alkyl halides is 1. The Morgan fingerprint density at radius 3 is 2.80 bits per heavy atom. The molecule has 10 heavy (non-hydrogen) atoms. The molecule has 1 fully saturated rings. The summed E-state index contributed by atoms with van der Waals surface area (Å²) in [5, 5.41) is 5.33. The van der Waals surface area contributed by atoms with Gasteiger partial charge >= 0.3 is 6.03 Å². The van der Waals surface area contributed by atoms with Gasteiger partial charge in [0.15, 0.2) is 0 Å². The van der Waals surface area contributed by atoms with Gasteiger partial charge in [0.25, 0.3) is 0 Å². The normalized spacial score (nSPS) is 25.5. The zero-order valence-electron chi connectivity index (χ0n) is 5.19. The maximum Gasteiger partial charge on any atom is 0.321 e. The first-order chi connectivity index (χ1) is 4.72. The van der Waals surface area contributed by atoms with E-state index in [1.54, 1.807) is 0 Å². The molecule has 0 saturated carbocycles. The van der Waals surface area contributed by atoms with Crippen molar-refractivity contribution >= 4 is 27.9 Å². The fourth-order valence-electron chi connectivity index (χ4n) is 0.767. The molecule has 3 amide bonds. The predicted octanol–water partition coefficient (Wildman–Crippen LogP) is -0.0206. The third-order valence-electron chi connectivity index (χ3n) is 1.21. The third kappa shape index (κ3) is 1.70. The van der Waals surface area contributed by atoms with Crippen molar-refractivity contribution in [3.8, 4) is 0 Å². The lowest BCUT2D eigenvalue weighted by atomic mass is 10.2. The van der Waals surface area contributed by atoms with E-state index in [9.17, 15) is 9.59 Å². The van der Waals surface area contributed by atoms with Gasteiger partial charge in [-0.05, 0) is 0 Å². The van der Waals surface area contributed by atoms with E-state index >= 15 is 0 Å². The minimum Gasteiger partial charge on any atom is -0.334 e. The molecule has 4 nitrogen and oxygen atoms in total. The number of carbonyl (C=O) groups is 2. The topological polar surface area (TPSA) is 58.2 Å². The van der Waals surface area contributed by atoms with Crippen LogP contribution in [0.5, 0.6) is 0 Å². The summed E-state index contributed by atoms with van der Waals surface area (Å²) >= 11 is 3.17. The molecule has 5 heteroatoms. The number of hydrogen-bond acceptors (Lipinski definition) is 2. The number of hydrogen-bond donors (Lipinski definition) is 2. The first-order valence-corrected chi connectivity index (χ1v) is 4.01. The van der Waals surface area contributed by atoms with Gasteiger partial charge in [0.2, 0.25) is 5.91 Å². The maximum absolute atomic E-state index is 10.6. The molecule has 0 aromatic carbocycles. The molecular weight excluding hydrogens is 200 g/mol. The molecule has 1 atom stereocenters. The lowest BCUT2D eigenvalue weighted by Crippen LogP contribution is -2.52. The number of nitrogens with one attached hydrogen (secondary N) is 2. The zero-order valence-corrected chi connectivity index (χ0v) is 6.77. The van der Waals surface area contributed by atoms with Gasteiger partial charge in [0.05, 0.1) is 0 Å². The van der Waals surface area contributed by atoms with Crippen molar-refractivity contribution in [2.24, 2.45) is 0 Å². The van der Waals surface area contributed by atoms with E-state index in [-0.39, 0.29) is 11.9 Å². The van der Waals surface area contributed by atoms with Crippen molar-refractivity contribution in [3.63, 3.8) is 0 Å². The lowest BCUT2D eigenvalue weighted by Gasteiger charge is -2.20. The quantitative estimate of drug-likeness (QED) is 0.593. The Balaban J connectivity index is 2.50. The van der Waals surface area contributed by atoms with Gasteiger partial charge < -0.3 is 5.32 Å². The Kier molecular flexibility index (Phi) is 2.26. The molecule has 1 rings (SSSR count). The van der Waals surface area contributed by atoms with Gasteiger partial charge in [-0.25, -0.2) is 4.79 Å². The Hall–Kier alpha value is -0.580. The molecule has 0 spiro atoms. The fourth-order valence-corrected chi connectivity index (χ4v) is 1.16. The fraction of sp³-hybridized carbons (Fsp3) is 0.600. The van der Waals surface area contributed by atoms with Crippen LogP contribution in [0.1, 0.15) is 6.42 Å². The zero-order chi connectivity index (χ0) is 7.56. The van der Waals surface area contributed by atoms with Crippen molar-refractivity contribution in [1.29, 1.82) is 0 Å². The highest BCUT2D eigenvalue weighted by atomic mass is 79.9. The Bertz CT molecular complexity index is 155. The summed E-state index contributed by atoms with van der Waals surface area (Å²) < 4.78 is 0. The number of amides is 3. The summed E-state index contributed by atoms with van der Waals surface area (Å²) in [5.41, 5.74) is 0. The molecule has 2 N–H and O–H groups in total. The second-order valence-corrected chi connectivity index (χ2v) is 2.72. The van der Waals surface area contributed by atoms with Crippen molar-refractivity contribution in [2.75, 3.05) is 5.33 Å². The summed E-state index contributed by atoms with van der Waals surface area (Å²) in [4.78, 5) is 21.2. The van der Waals surface area contributed by atoms with Gasteiger partial charge in [0.1, 0.15) is 0 Å². The average Bonchev–Trinajstić information content (AvgIpc) is 1.85. The second-order valence-electron chi connectivity index (χ2n) is 2.08. The monoisotopic (exact) mass is 206 g/mol. The average molecular weight is 207 g/mol. The second kappa shape index (κ2) is 3.01. The smallest absolute Gasteiger partial charge is 0.321 e. The Labute approximate surface area is 66.5 Å². The van der Waals surface area contributed by atoms with Crippen molar-refractivity contribution in [2.45, 2.75) is 12.5 Å². The molecule has 0 aliphatic carbocycles. The molecule has 0 radical (unpaired) electrons. The van der Waals surface area contributed by atoms with Crippen LogP contribution in [0.4, 0.5) is 4.79 Å².